The predicted molar refractivity (Wildman–Crippen MR) is 318 cm³/mol. The van der Waals surface area contributed by atoms with Crippen LogP contribution in [0.1, 0.15) is 361 Å². The number of carbonyl (C=O) groups is 1. The molecule has 1 saturated heterocycles. The molecule has 7 atom stereocenters. The third kappa shape index (κ3) is 45.6. The zero-order chi connectivity index (χ0) is 54.3. The van der Waals surface area contributed by atoms with E-state index in [-0.39, 0.29) is 12.5 Å². The van der Waals surface area contributed by atoms with Gasteiger partial charge in [0.2, 0.25) is 5.91 Å². The van der Waals surface area contributed by atoms with Crippen LogP contribution in [0.5, 0.6) is 0 Å². The number of aliphatic hydroxyl groups is 5. The normalized spacial score (nSPS) is 18.7. The molecule has 6 N–H and O–H groups in total. The zero-order valence-corrected chi connectivity index (χ0v) is 50.1. The maximum Gasteiger partial charge on any atom is 0.220 e. The van der Waals surface area contributed by atoms with Crippen LogP contribution in [0.15, 0.2) is 0 Å². The second-order valence-corrected chi connectivity index (χ2v) is 24.0. The van der Waals surface area contributed by atoms with E-state index >= 15 is 0 Å². The standard InChI is InChI=1S/C66H131NO8/c1-3-5-7-9-11-13-15-17-19-21-23-25-26-27-28-29-30-31-32-33-34-35-36-38-40-42-44-46-48-50-52-54-56-62(70)67-59(58-74-66-65(73)64(72)63(71)61(57-68)75-66)60(69)55-53-51-49-47-45-43-41-39-37-24-22-20-18-16-14-12-10-8-6-4-2/h59-61,63-66,68-69,71-73H,3-58H2,1-2H3,(H,67,70). The number of rotatable bonds is 60. The van der Waals surface area contributed by atoms with E-state index in [4.69, 9.17) is 9.47 Å². The van der Waals surface area contributed by atoms with Crippen molar-refractivity contribution < 1.29 is 39.8 Å². The molecule has 0 aromatic rings. The summed E-state index contributed by atoms with van der Waals surface area (Å²) in [6.07, 6.45) is 63.1. The fraction of sp³-hybridized carbons (Fsp3) is 0.985. The molecule has 9 heteroatoms. The van der Waals surface area contributed by atoms with Crippen LogP contribution < -0.4 is 5.32 Å². The fourth-order valence-electron chi connectivity index (χ4n) is 11.4. The van der Waals surface area contributed by atoms with E-state index in [1.54, 1.807) is 0 Å². The number of hydrogen-bond acceptors (Lipinski definition) is 8. The summed E-state index contributed by atoms with van der Waals surface area (Å²) in [5.41, 5.74) is 0. The van der Waals surface area contributed by atoms with Crippen molar-refractivity contribution in [2.45, 2.75) is 403 Å². The minimum absolute atomic E-state index is 0.131. The average molecular weight is 1070 g/mol. The van der Waals surface area contributed by atoms with Crippen LogP contribution in [0, 0.1) is 0 Å². The molecule has 0 bridgehead atoms. The monoisotopic (exact) mass is 1070 g/mol. The maximum atomic E-state index is 13.1. The van der Waals surface area contributed by atoms with Crippen molar-refractivity contribution in [2.75, 3.05) is 13.2 Å². The topological polar surface area (TPSA) is 149 Å². The molecular weight excluding hydrogens is 935 g/mol. The Morgan fingerprint density at radius 1 is 0.400 bits per heavy atom. The lowest BCUT2D eigenvalue weighted by Crippen LogP contribution is -2.60. The van der Waals surface area contributed by atoms with E-state index in [9.17, 15) is 30.3 Å². The highest BCUT2D eigenvalue weighted by Crippen LogP contribution is 2.24. The summed E-state index contributed by atoms with van der Waals surface area (Å²) >= 11 is 0. The third-order valence-corrected chi connectivity index (χ3v) is 16.7. The number of amides is 1. The van der Waals surface area contributed by atoms with Gasteiger partial charge in [-0.15, -0.1) is 0 Å². The second-order valence-electron chi connectivity index (χ2n) is 24.0. The van der Waals surface area contributed by atoms with Crippen molar-refractivity contribution in [1.82, 2.24) is 5.32 Å². The molecule has 7 unspecified atom stereocenters. The maximum absolute atomic E-state index is 13.1. The molecule has 1 aliphatic heterocycles. The van der Waals surface area contributed by atoms with Crippen LogP contribution in [-0.2, 0) is 14.3 Å². The quantitative estimate of drug-likeness (QED) is 0.0330. The Morgan fingerprint density at radius 3 is 0.947 bits per heavy atom. The smallest absolute Gasteiger partial charge is 0.220 e. The zero-order valence-electron chi connectivity index (χ0n) is 50.1. The van der Waals surface area contributed by atoms with Crippen molar-refractivity contribution in [2.24, 2.45) is 0 Å². The first kappa shape index (κ1) is 72.2. The highest BCUT2D eigenvalue weighted by Gasteiger charge is 2.44. The fourth-order valence-corrected chi connectivity index (χ4v) is 11.4. The van der Waals surface area contributed by atoms with Crippen molar-refractivity contribution >= 4 is 5.91 Å². The summed E-state index contributed by atoms with van der Waals surface area (Å²) in [6, 6.07) is -0.714. The Balaban J connectivity index is 2.08. The molecule has 0 spiro atoms. The molecule has 9 nitrogen and oxygen atoms in total. The third-order valence-electron chi connectivity index (χ3n) is 16.7. The van der Waals surface area contributed by atoms with Crippen LogP contribution in [0.25, 0.3) is 0 Å². The molecule has 0 saturated carbocycles. The van der Waals surface area contributed by atoms with Crippen LogP contribution in [0.2, 0.25) is 0 Å². The van der Waals surface area contributed by atoms with Crippen LogP contribution in [0.3, 0.4) is 0 Å². The van der Waals surface area contributed by atoms with Gasteiger partial charge in [0.05, 0.1) is 25.4 Å². The van der Waals surface area contributed by atoms with Crippen molar-refractivity contribution in [3.63, 3.8) is 0 Å². The van der Waals surface area contributed by atoms with Gasteiger partial charge in [0, 0.05) is 6.42 Å². The van der Waals surface area contributed by atoms with Gasteiger partial charge in [-0.3, -0.25) is 4.79 Å². The van der Waals surface area contributed by atoms with Gasteiger partial charge in [-0.2, -0.15) is 0 Å². The number of nitrogens with one attached hydrogen (secondary N) is 1. The molecule has 1 aliphatic rings. The first-order valence-electron chi connectivity index (χ1n) is 33.7. The van der Waals surface area contributed by atoms with E-state index < -0.39 is 49.5 Å². The Kier molecular flexibility index (Phi) is 54.4. The number of aliphatic hydroxyl groups excluding tert-OH is 5. The summed E-state index contributed by atoms with van der Waals surface area (Å²) in [4.78, 5) is 13.1. The van der Waals surface area contributed by atoms with E-state index in [1.807, 2.05) is 0 Å². The van der Waals surface area contributed by atoms with Gasteiger partial charge in [-0.25, -0.2) is 0 Å². The first-order chi connectivity index (χ1) is 36.8. The number of carbonyl (C=O) groups excluding carboxylic acids is 1. The molecule has 0 aromatic carbocycles. The van der Waals surface area contributed by atoms with Gasteiger partial charge >= 0.3 is 0 Å². The second kappa shape index (κ2) is 56.5. The summed E-state index contributed by atoms with van der Waals surface area (Å²) in [5, 5.41) is 54.8. The van der Waals surface area contributed by atoms with E-state index in [0.717, 1.165) is 38.5 Å². The van der Waals surface area contributed by atoms with E-state index in [2.05, 4.69) is 19.2 Å². The largest absolute Gasteiger partial charge is 0.394 e. The molecule has 0 aromatic heterocycles. The highest BCUT2D eigenvalue weighted by molar-refractivity contribution is 5.76. The molecule has 1 amide bonds. The molecule has 0 radical (unpaired) electrons. The Hall–Kier alpha value is -0.810. The Morgan fingerprint density at radius 2 is 0.667 bits per heavy atom. The summed E-state index contributed by atoms with van der Waals surface area (Å²) in [5.74, 6) is -0.134. The summed E-state index contributed by atoms with van der Waals surface area (Å²) in [7, 11) is 0. The average Bonchev–Trinajstić information content (AvgIpc) is 3.41. The van der Waals surface area contributed by atoms with Gasteiger partial charge in [0.15, 0.2) is 6.29 Å². The summed E-state index contributed by atoms with van der Waals surface area (Å²) < 4.78 is 11.4. The molecule has 75 heavy (non-hydrogen) atoms. The minimum atomic E-state index is -1.55. The summed E-state index contributed by atoms with van der Waals surface area (Å²) in [6.45, 7) is 3.90. The van der Waals surface area contributed by atoms with Crippen molar-refractivity contribution in [1.29, 1.82) is 0 Å². The van der Waals surface area contributed by atoms with Crippen LogP contribution in [0.4, 0.5) is 0 Å². The van der Waals surface area contributed by atoms with Crippen molar-refractivity contribution in [3.05, 3.63) is 0 Å². The van der Waals surface area contributed by atoms with Gasteiger partial charge in [-0.1, -0.05) is 341 Å². The van der Waals surface area contributed by atoms with Gasteiger partial charge < -0.3 is 40.3 Å². The Labute approximate surface area is 465 Å². The lowest BCUT2D eigenvalue weighted by atomic mass is 9.99. The van der Waals surface area contributed by atoms with Crippen LogP contribution in [-0.4, -0.2) is 87.5 Å². The molecule has 0 aliphatic carbocycles. The lowest BCUT2D eigenvalue weighted by Gasteiger charge is -2.40. The number of unbranched alkanes of at least 4 members (excludes halogenated alkanes) is 50. The first-order valence-corrected chi connectivity index (χ1v) is 33.7. The highest BCUT2D eigenvalue weighted by atomic mass is 16.7. The molecule has 1 rings (SSSR count). The van der Waals surface area contributed by atoms with E-state index in [1.165, 1.54) is 295 Å². The van der Waals surface area contributed by atoms with Gasteiger partial charge in [-0.05, 0) is 12.8 Å². The lowest BCUT2D eigenvalue weighted by molar-refractivity contribution is -0.302. The van der Waals surface area contributed by atoms with E-state index in [0.29, 0.717) is 12.8 Å². The van der Waals surface area contributed by atoms with Gasteiger partial charge in [0.25, 0.3) is 0 Å². The molecule has 1 fully saturated rings. The molecule has 448 valence electrons. The van der Waals surface area contributed by atoms with Gasteiger partial charge in [0.1, 0.15) is 24.4 Å². The number of ether oxygens (including phenoxy) is 2. The molecule has 1 heterocycles. The minimum Gasteiger partial charge on any atom is -0.394 e. The molecular formula is C66H131NO8. The van der Waals surface area contributed by atoms with Crippen molar-refractivity contribution in [3.8, 4) is 0 Å². The Bertz CT molecular complexity index is 1140. The SMILES string of the molecule is CCCCCCCCCCCCCCCCCCCCCCCCCCCCCCCCCCC(=O)NC(COC1OC(CO)C(O)C(O)C1O)C(O)CCCCCCCCCCCCCCCCCCCCCC. The van der Waals surface area contributed by atoms with Crippen LogP contribution >= 0.6 is 0 Å². The predicted octanol–water partition coefficient (Wildman–Crippen LogP) is 17.8. The number of hydrogen-bond donors (Lipinski definition) is 6.